The molecule has 0 aliphatic carbocycles. The summed E-state index contributed by atoms with van der Waals surface area (Å²) >= 11 is 0. The Morgan fingerprint density at radius 1 is 0.659 bits per heavy atom. The average Bonchev–Trinajstić information content (AvgIpc) is 2.92. The monoisotopic (exact) mass is 595 g/mol. The largest absolute Gasteiger partial charge is 0.457 e. The standard InChI is InChI=1S/C28H23F6N3O3S/c29-27(30,31)23-11-1-17(15-35)13-25(23)37-19-3-7-21(8-4-19)41(38,39)22-9-5-20(6-10-22)40-26-14-18(16-36)2-12-24(26)28(32,33)34/h1-14,37H,15-16,35-36H2. The maximum absolute atomic E-state index is 13.4. The van der Waals surface area contributed by atoms with Gasteiger partial charge in [0.1, 0.15) is 11.5 Å². The van der Waals surface area contributed by atoms with Crippen molar-refractivity contribution >= 4 is 21.2 Å². The van der Waals surface area contributed by atoms with Crippen LogP contribution in [0.15, 0.2) is 94.7 Å². The van der Waals surface area contributed by atoms with E-state index in [0.717, 1.165) is 18.2 Å². The van der Waals surface area contributed by atoms with Gasteiger partial charge >= 0.3 is 12.4 Å². The summed E-state index contributed by atoms with van der Waals surface area (Å²) in [7, 11) is -4.08. The van der Waals surface area contributed by atoms with Crippen molar-refractivity contribution in [1.29, 1.82) is 0 Å². The van der Waals surface area contributed by atoms with Crippen LogP contribution in [0.4, 0.5) is 37.7 Å². The molecule has 13 heteroatoms. The lowest BCUT2D eigenvalue weighted by Crippen LogP contribution is -2.10. The van der Waals surface area contributed by atoms with E-state index in [1.807, 2.05) is 0 Å². The first kappa shape index (κ1) is 29.9. The van der Waals surface area contributed by atoms with Gasteiger partial charge in [0.05, 0.1) is 26.6 Å². The molecule has 41 heavy (non-hydrogen) atoms. The molecule has 0 heterocycles. The second-order valence-electron chi connectivity index (χ2n) is 8.84. The molecule has 0 amide bonds. The van der Waals surface area contributed by atoms with Crippen LogP contribution in [-0.2, 0) is 35.3 Å². The molecule has 4 aromatic carbocycles. The molecule has 0 atom stereocenters. The minimum absolute atomic E-state index is 0.0104. The van der Waals surface area contributed by atoms with Crippen LogP contribution < -0.4 is 21.5 Å². The summed E-state index contributed by atoms with van der Waals surface area (Å²) in [6.45, 7) is 0.0149. The molecule has 216 valence electrons. The fraction of sp³-hybridized carbons (Fsp3) is 0.143. The first-order valence-corrected chi connectivity index (χ1v) is 13.4. The molecule has 5 N–H and O–H groups in total. The Hall–Kier alpha value is -4.07. The highest BCUT2D eigenvalue weighted by atomic mass is 32.2. The van der Waals surface area contributed by atoms with Crippen LogP contribution >= 0.6 is 0 Å². The van der Waals surface area contributed by atoms with E-state index in [1.54, 1.807) is 0 Å². The summed E-state index contributed by atoms with van der Waals surface area (Å²) in [6, 6.07) is 16.5. The van der Waals surface area contributed by atoms with E-state index < -0.39 is 39.1 Å². The van der Waals surface area contributed by atoms with E-state index in [0.29, 0.717) is 11.1 Å². The van der Waals surface area contributed by atoms with Crippen LogP contribution in [0.2, 0.25) is 0 Å². The van der Waals surface area contributed by atoms with Crippen LogP contribution in [0.5, 0.6) is 11.5 Å². The van der Waals surface area contributed by atoms with Crippen molar-refractivity contribution in [2.45, 2.75) is 35.2 Å². The summed E-state index contributed by atoms with van der Waals surface area (Å²) in [5.74, 6) is -0.520. The van der Waals surface area contributed by atoms with Crippen molar-refractivity contribution in [1.82, 2.24) is 0 Å². The lowest BCUT2D eigenvalue weighted by atomic mass is 10.1. The quantitative estimate of drug-likeness (QED) is 0.189. The molecule has 0 bridgehead atoms. The first-order valence-electron chi connectivity index (χ1n) is 11.9. The fourth-order valence-corrected chi connectivity index (χ4v) is 5.17. The predicted molar refractivity (Wildman–Crippen MR) is 140 cm³/mol. The van der Waals surface area contributed by atoms with Gasteiger partial charge in [0.15, 0.2) is 0 Å². The van der Waals surface area contributed by atoms with Gasteiger partial charge in [-0.25, -0.2) is 8.42 Å². The van der Waals surface area contributed by atoms with Gasteiger partial charge in [0.2, 0.25) is 9.84 Å². The second kappa shape index (κ2) is 11.4. The summed E-state index contributed by atoms with van der Waals surface area (Å²) in [5, 5.41) is 2.65. The molecule has 6 nitrogen and oxygen atoms in total. The van der Waals surface area contributed by atoms with E-state index in [1.165, 1.54) is 66.7 Å². The normalized spacial score (nSPS) is 12.3. The van der Waals surface area contributed by atoms with Crippen LogP contribution in [0.25, 0.3) is 0 Å². The molecule has 0 spiro atoms. The number of rotatable bonds is 8. The van der Waals surface area contributed by atoms with Gasteiger partial charge in [-0.2, -0.15) is 26.3 Å². The molecule has 0 aromatic heterocycles. The molecule has 0 radical (unpaired) electrons. The van der Waals surface area contributed by atoms with E-state index >= 15 is 0 Å². The van der Waals surface area contributed by atoms with Crippen LogP contribution in [0.1, 0.15) is 22.3 Å². The maximum Gasteiger partial charge on any atom is 0.419 e. The minimum Gasteiger partial charge on any atom is -0.457 e. The number of nitrogens with two attached hydrogens (primary N) is 2. The van der Waals surface area contributed by atoms with Crippen molar-refractivity contribution in [3.8, 4) is 11.5 Å². The van der Waals surface area contributed by atoms with E-state index in [9.17, 15) is 34.8 Å². The van der Waals surface area contributed by atoms with Crippen molar-refractivity contribution < 1.29 is 39.5 Å². The molecule has 0 fully saturated rings. The Labute approximate surface area is 231 Å². The molecular weight excluding hydrogens is 572 g/mol. The van der Waals surface area contributed by atoms with Crippen molar-refractivity contribution in [2.24, 2.45) is 11.5 Å². The summed E-state index contributed by atoms with van der Waals surface area (Å²) < 4.78 is 112. The Balaban J connectivity index is 1.55. The SMILES string of the molecule is NCc1ccc(C(F)(F)F)c(Nc2ccc(S(=O)(=O)c3ccc(Oc4cc(CN)ccc4C(F)(F)F)cc3)cc2)c1. The fourth-order valence-electron chi connectivity index (χ4n) is 3.90. The third-order valence-corrected chi connectivity index (χ3v) is 7.80. The molecule has 0 unspecified atom stereocenters. The number of alkyl halides is 6. The first-order chi connectivity index (χ1) is 19.2. The number of hydrogen-bond acceptors (Lipinski definition) is 6. The van der Waals surface area contributed by atoms with Crippen molar-refractivity contribution in [2.75, 3.05) is 5.32 Å². The van der Waals surface area contributed by atoms with Crippen LogP contribution in [-0.4, -0.2) is 8.42 Å². The number of halogens is 6. The molecule has 0 saturated carbocycles. The van der Waals surface area contributed by atoms with Gasteiger partial charge in [0.25, 0.3) is 0 Å². The Morgan fingerprint density at radius 3 is 1.66 bits per heavy atom. The topological polar surface area (TPSA) is 107 Å². The van der Waals surface area contributed by atoms with Crippen LogP contribution in [0.3, 0.4) is 0 Å². The smallest absolute Gasteiger partial charge is 0.419 e. The van der Waals surface area contributed by atoms with Gasteiger partial charge < -0.3 is 21.5 Å². The molecule has 4 aromatic rings. The number of ether oxygens (including phenoxy) is 1. The van der Waals surface area contributed by atoms with Gasteiger partial charge in [-0.15, -0.1) is 0 Å². The molecule has 4 rings (SSSR count). The minimum atomic E-state index is -4.69. The molecular formula is C28H23F6N3O3S. The zero-order chi connectivity index (χ0) is 30.0. The Bertz CT molecular complexity index is 1520. The van der Waals surface area contributed by atoms with Gasteiger partial charge in [-0.3, -0.25) is 0 Å². The van der Waals surface area contributed by atoms with Crippen molar-refractivity contribution in [3.63, 3.8) is 0 Å². The molecule has 0 aliphatic heterocycles. The van der Waals surface area contributed by atoms with Gasteiger partial charge in [-0.05, 0) is 83.9 Å². The van der Waals surface area contributed by atoms with E-state index in [2.05, 4.69) is 5.32 Å². The number of anilines is 2. The second-order valence-corrected chi connectivity index (χ2v) is 10.8. The number of sulfone groups is 1. The summed E-state index contributed by atoms with van der Waals surface area (Å²) in [6.07, 6.45) is -9.32. The maximum atomic E-state index is 13.4. The molecule has 0 saturated heterocycles. The highest BCUT2D eigenvalue weighted by Gasteiger charge is 2.35. The Kier molecular flexibility index (Phi) is 8.34. The predicted octanol–water partition coefficient (Wildman–Crippen LogP) is 7.01. The third-order valence-electron chi connectivity index (χ3n) is 6.02. The van der Waals surface area contributed by atoms with Crippen molar-refractivity contribution in [3.05, 3.63) is 107 Å². The lowest BCUT2D eigenvalue weighted by molar-refractivity contribution is -0.138. The third kappa shape index (κ3) is 6.81. The highest BCUT2D eigenvalue weighted by molar-refractivity contribution is 7.91. The molecule has 0 aliphatic rings. The van der Waals surface area contributed by atoms with E-state index in [4.69, 9.17) is 16.2 Å². The Morgan fingerprint density at radius 2 is 1.15 bits per heavy atom. The van der Waals surface area contributed by atoms with Crippen LogP contribution in [0, 0.1) is 0 Å². The number of hydrogen-bond donors (Lipinski definition) is 3. The summed E-state index contributed by atoms with van der Waals surface area (Å²) in [5.41, 5.74) is 9.98. The summed E-state index contributed by atoms with van der Waals surface area (Å²) in [4.78, 5) is -0.328. The number of benzene rings is 4. The van der Waals surface area contributed by atoms with E-state index in [-0.39, 0.29) is 40.0 Å². The average molecular weight is 596 g/mol. The highest BCUT2D eigenvalue weighted by Crippen LogP contribution is 2.39. The lowest BCUT2D eigenvalue weighted by Gasteiger charge is -2.16. The van der Waals surface area contributed by atoms with Gasteiger partial charge in [0, 0.05) is 18.8 Å². The van der Waals surface area contributed by atoms with Gasteiger partial charge in [-0.1, -0.05) is 12.1 Å². The zero-order valence-corrected chi connectivity index (χ0v) is 21.9. The number of nitrogens with one attached hydrogen (secondary N) is 1. The zero-order valence-electron chi connectivity index (χ0n) is 21.1.